The zero-order valence-electron chi connectivity index (χ0n) is 13.4. The van der Waals surface area contributed by atoms with Crippen molar-refractivity contribution in [1.82, 2.24) is 4.98 Å². The summed E-state index contributed by atoms with van der Waals surface area (Å²) in [6, 6.07) is 3.89. The van der Waals surface area contributed by atoms with E-state index in [1.807, 2.05) is 0 Å². The average Bonchev–Trinajstić information content (AvgIpc) is 2.93. The topological polar surface area (TPSA) is 102 Å². The zero-order valence-corrected chi connectivity index (χ0v) is 15.8. The van der Waals surface area contributed by atoms with Crippen LogP contribution in [0.5, 0.6) is 0 Å². The summed E-state index contributed by atoms with van der Waals surface area (Å²) in [5.41, 5.74) is 0.487. The van der Waals surface area contributed by atoms with Gasteiger partial charge in [-0.2, -0.15) is 0 Å². The van der Waals surface area contributed by atoms with Gasteiger partial charge >= 0.3 is 5.97 Å². The third kappa shape index (κ3) is 5.25. The Bertz CT molecular complexity index is 908. The lowest BCUT2D eigenvalue weighted by atomic mass is 10.2. The smallest absolute Gasteiger partial charge is 0.311 e. The number of benzene rings is 1. The largest absolute Gasteiger partial charge is 0.466 e. The van der Waals surface area contributed by atoms with E-state index in [4.69, 9.17) is 16.3 Å². The van der Waals surface area contributed by atoms with Crippen molar-refractivity contribution >= 4 is 49.8 Å². The van der Waals surface area contributed by atoms with Crippen LogP contribution in [-0.4, -0.2) is 38.1 Å². The molecule has 0 spiro atoms. The summed E-state index contributed by atoms with van der Waals surface area (Å²) in [6.45, 7) is 1.99. The van der Waals surface area contributed by atoms with Gasteiger partial charge in [0.05, 0.1) is 34.2 Å². The summed E-state index contributed by atoms with van der Waals surface area (Å²) in [4.78, 5) is 27.9. The molecule has 25 heavy (non-hydrogen) atoms. The molecular formula is C15H15ClN2O5S2. The first-order valence-corrected chi connectivity index (χ1v) is 10.3. The van der Waals surface area contributed by atoms with Crippen LogP contribution in [0.1, 0.15) is 23.0 Å². The van der Waals surface area contributed by atoms with Crippen molar-refractivity contribution < 1.29 is 22.7 Å². The molecule has 134 valence electrons. The van der Waals surface area contributed by atoms with E-state index >= 15 is 0 Å². The van der Waals surface area contributed by atoms with Gasteiger partial charge in [0.25, 0.3) is 5.91 Å². The van der Waals surface area contributed by atoms with Gasteiger partial charge in [-0.25, -0.2) is 13.4 Å². The molecule has 0 radical (unpaired) electrons. The molecule has 0 aliphatic carbocycles. The van der Waals surface area contributed by atoms with E-state index in [1.54, 1.807) is 12.3 Å². The van der Waals surface area contributed by atoms with Crippen molar-refractivity contribution in [3.63, 3.8) is 0 Å². The fourth-order valence-corrected chi connectivity index (χ4v) is 3.43. The van der Waals surface area contributed by atoms with Gasteiger partial charge in [0.1, 0.15) is 0 Å². The monoisotopic (exact) mass is 402 g/mol. The molecule has 1 heterocycles. The maximum atomic E-state index is 12.3. The normalized spacial score (nSPS) is 11.2. The molecule has 2 rings (SSSR count). The minimum Gasteiger partial charge on any atom is -0.466 e. The molecule has 0 bridgehead atoms. The minimum absolute atomic E-state index is 0.00449. The lowest BCUT2D eigenvalue weighted by Crippen LogP contribution is -2.13. The van der Waals surface area contributed by atoms with E-state index in [0.717, 1.165) is 17.6 Å². The third-order valence-electron chi connectivity index (χ3n) is 3.01. The Morgan fingerprint density at radius 2 is 2.08 bits per heavy atom. The predicted molar refractivity (Wildman–Crippen MR) is 95.0 cm³/mol. The minimum atomic E-state index is -3.47. The van der Waals surface area contributed by atoms with Crippen molar-refractivity contribution in [3.8, 4) is 0 Å². The molecule has 0 fully saturated rings. The van der Waals surface area contributed by atoms with Crippen LogP contribution >= 0.6 is 22.9 Å². The van der Waals surface area contributed by atoms with E-state index in [1.165, 1.54) is 18.2 Å². The number of nitrogens with zero attached hydrogens (tertiary/aromatic N) is 1. The molecule has 1 amide bonds. The van der Waals surface area contributed by atoms with E-state index in [2.05, 4.69) is 10.3 Å². The molecule has 10 heteroatoms. The van der Waals surface area contributed by atoms with E-state index in [0.29, 0.717) is 5.69 Å². The molecule has 7 nitrogen and oxygen atoms in total. The van der Waals surface area contributed by atoms with Crippen LogP contribution in [-0.2, 0) is 25.8 Å². The molecule has 0 aliphatic rings. The number of hydrogen-bond donors (Lipinski definition) is 1. The Balaban J connectivity index is 2.15. The molecule has 1 aromatic heterocycles. The van der Waals surface area contributed by atoms with Crippen LogP contribution in [0.25, 0.3) is 0 Å². The number of hydrogen-bond acceptors (Lipinski definition) is 7. The molecule has 0 unspecified atom stereocenters. The Morgan fingerprint density at radius 1 is 1.36 bits per heavy atom. The Labute approximate surface area is 153 Å². The molecule has 0 aliphatic heterocycles. The van der Waals surface area contributed by atoms with Crippen molar-refractivity contribution in [2.75, 3.05) is 18.2 Å². The number of rotatable bonds is 6. The summed E-state index contributed by atoms with van der Waals surface area (Å²) in [5, 5.41) is 4.55. The second kappa shape index (κ2) is 7.94. The number of carbonyl (C=O) groups excluding carboxylic acids is 2. The fraction of sp³-hybridized carbons (Fsp3) is 0.267. The number of carbonyl (C=O) groups is 2. The van der Waals surface area contributed by atoms with Gasteiger partial charge in [-0.05, 0) is 25.1 Å². The number of amides is 1. The molecule has 0 saturated heterocycles. The standard InChI is InChI=1S/C15H15ClN2O5S2/c1-3-23-13(19)6-9-8-24-15(17-9)18-14(20)11-7-10(25(2,21)22)4-5-12(11)16/h4-5,7-8H,3,6H2,1-2H3,(H,17,18,20). The van der Waals surface area contributed by atoms with Crippen LogP contribution in [0.3, 0.4) is 0 Å². The van der Waals surface area contributed by atoms with Crippen LogP contribution in [0.2, 0.25) is 5.02 Å². The van der Waals surface area contributed by atoms with Crippen LogP contribution in [0.4, 0.5) is 5.13 Å². The van der Waals surface area contributed by atoms with Crippen molar-refractivity contribution in [3.05, 3.63) is 39.9 Å². The third-order valence-corrected chi connectivity index (χ3v) is 5.26. The van der Waals surface area contributed by atoms with Crippen molar-refractivity contribution in [2.45, 2.75) is 18.2 Å². The van der Waals surface area contributed by atoms with Gasteiger partial charge in [0.2, 0.25) is 0 Å². The highest BCUT2D eigenvalue weighted by Crippen LogP contribution is 2.23. The predicted octanol–water partition coefficient (Wildman–Crippen LogP) is 2.56. The lowest BCUT2D eigenvalue weighted by Gasteiger charge is -2.06. The maximum absolute atomic E-state index is 12.3. The first-order valence-electron chi connectivity index (χ1n) is 7.11. The number of anilines is 1. The van der Waals surface area contributed by atoms with Crippen LogP contribution in [0.15, 0.2) is 28.5 Å². The highest BCUT2D eigenvalue weighted by Gasteiger charge is 2.17. The van der Waals surface area contributed by atoms with Crippen LogP contribution < -0.4 is 5.32 Å². The zero-order chi connectivity index (χ0) is 18.6. The molecule has 2 aromatic rings. The van der Waals surface area contributed by atoms with Gasteiger partial charge < -0.3 is 4.74 Å². The molecule has 1 aromatic carbocycles. The van der Waals surface area contributed by atoms with Crippen molar-refractivity contribution in [1.29, 1.82) is 0 Å². The van der Waals surface area contributed by atoms with E-state index in [-0.39, 0.29) is 33.6 Å². The fourth-order valence-electron chi connectivity index (χ4n) is 1.88. The van der Waals surface area contributed by atoms with Gasteiger partial charge in [-0.3, -0.25) is 14.9 Å². The summed E-state index contributed by atoms with van der Waals surface area (Å²) < 4.78 is 28.0. The Morgan fingerprint density at radius 3 is 2.72 bits per heavy atom. The SMILES string of the molecule is CCOC(=O)Cc1csc(NC(=O)c2cc(S(C)(=O)=O)ccc2Cl)n1. The molecule has 0 saturated carbocycles. The number of ether oxygens (including phenoxy) is 1. The Kier molecular flexibility index (Phi) is 6.15. The second-order valence-electron chi connectivity index (χ2n) is 4.99. The number of esters is 1. The number of thiazole rings is 1. The molecular weight excluding hydrogens is 388 g/mol. The number of halogens is 1. The van der Waals surface area contributed by atoms with Gasteiger partial charge in [-0.15, -0.1) is 11.3 Å². The number of aromatic nitrogens is 1. The first kappa shape index (κ1) is 19.4. The number of nitrogens with one attached hydrogen (secondary N) is 1. The maximum Gasteiger partial charge on any atom is 0.311 e. The summed E-state index contributed by atoms with van der Waals surface area (Å²) in [6.07, 6.45) is 1.05. The van der Waals surface area contributed by atoms with E-state index < -0.39 is 21.7 Å². The van der Waals surface area contributed by atoms with Gasteiger partial charge in [-0.1, -0.05) is 11.6 Å². The quantitative estimate of drug-likeness (QED) is 0.745. The first-order chi connectivity index (χ1) is 11.7. The number of sulfone groups is 1. The average molecular weight is 403 g/mol. The van der Waals surface area contributed by atoms with Gasteiger partial charge in [0, 0.05) is 11.6 Å². The highest BCUT2D eigenvalue weighted by atomic mass is 35.5. The molecule has 0 atom stereocenters. The highest BCUT2D eigenvalue weighted by molar-refractivity contribution is 7.90. The summed E-state index contributed by atoms with van der Waals surface area (Å²) in [7, 11) is -3.47. The van der Waals surface area contributed by atoms with E-state index in [9.17, 15) is 18.0 Å². The lowest BCUT2D eigenvalue weighted by molar-refractivity contribution is -0.142. The summed E-state index contributed by atoms with van der Waals surface area (Å²) >= 11 is 7.12. The second-order valence-corrected chi connectivity index (χ2v) is 8.27. The Hall–Kier alpha value is -1.97. The van der Waals surface area contributed by atoms with Gasteiger partial charge in [0.15, 0.2) is 15.0 Å². The van der Waals surface area contributed by atoms with Crippen molar-refractivity contribution in [2.24, 2.45) is 0 Å². The summed E-state index contributed by atoms with van der Waals surface area (Å²) in [5.74, 6) is -0.998. The van der Waals surface area contributed by atoms with Crippen LogP contribution in [0, 0.1) is 0 Å². The molecule has 1 N–H and O–H groups in total.